The molecule has 0 fully saturated rings. The Hall–Kier alpha value is -2.59. The van der Waals surface area contributed by atoms with Crippen molar-refractivity contribution < 1.29 is 0 Å². The van der Waals surface area contributed by atoms with Crippen LogP contribution in [0.25, 0.3) is 21.8 Å². The Morgan fingerprint density at radius 2 is 1.83 bits per heavy atom. The highest BCUT2D eigenvalue weighted by atomic mass is 35.5. The molecule has 0 spiro atoms. The molecule has 2 aromatic carbocycles. The van der Waals surface area contributed by atoms with E-state index in [1.165, 1.54) is 16.6 Å². The average Bonchev–Trinajstić information content (AvgIpc) is 2.87. The number of aryl methyl sites for hydroxylation is 2. The smallest absolute Gasteiger partial charge is 0.224 e. The van der Waals surface area contributed by atoms with Gasteiger partial charge in [0.05, 0.1) is 5.52 Å². The molecule has 0 bridgehead atoms. The number of hydrogen-bond acceptors (Lipinski definition) is 3. The highest BCUT2D eigenvalue weighted by Crippen LogP contribution is 2.32. The molecule has 0 saturated heterocycles. The van der Waals surface area contributed by atoms with E-state index in [-0.39, 0.29) is 5.28 Å². The molecule has 4 aromatic rings. The number of benzene rings is 2. The van der Waals surface area contributed by atoms with Crippen molar-refractivity contribution in [1.29, 1.82) is 0 Å². The fourth-order valence-electron chi connectivity index (χ4n) is 3.09. The Balaban J connectivity index is 1.88. The van der Waals surface area contributed by atoms with Gasteiger partial charge in [-0.25, -0.2) is 4.98 Å². The summed E-state index contributed by atoms with van der Waals surface area (Å²) in [6.07, 6.45) is 0. The van der Waals surface area contributed by atoms with Gasteiger partial charge in [-0.05, 0) is 54.9 Å². The van der Waals surface area contributed by atoms with Crippen LogP contribution in [0.1, 0.15) is 5.69 Å². The van der Waals surface area contributed by atoms with Crippen LogP contribution in [0.15, 0.2) is 48.5 Å². The summed E-state index contributed by atoms with van der Waals surface area (Å²) < 4.78 is 2.19. The summed E-state index contributed by atoms with van der Waals surface area (Å²) in [6.45, 7) is 2.11. The van der Waals surface area contributed by atoms with E-state index in [0.717, 1.165) is 22.4 Å². The second-order valence-electron chi connectivity index (χ2n) is 5.98. The topological polar surface area (TPSA) is 34.0 Å². The standard InChI is InChI=1S/C19H17ClN4/c1-12-10-13-11-14(8-9-17(13)23(12)2)24(3)18-15-6-4-5-7-16(15)21-19(20)22-18/h4-11H,1-3H3. The Kier molecular flexibility index (Phi) is 3.43. The van der Waals surface area contributed by atoms with Gasteiger partial charge < -0.3 is 9.47 Å². The van der Waals surface area contributed by atoms with Crippen LogP contribution in [-0.4, -0.2) is 21.6 Å². The van der Waals surface area contributed by atoms with Gasteiger partial charge in [-0.3, -0.25) is 0 Å². The number of nitrogens with zero attached hydrogens (tertiary/aromatic N) is 4. The molecule has 0 unspecified atom stereocenters. The average molecular weight is 337 g/mol. The van der Waals surface area contributed by atoms with E-state index in [4.69, 9.17) is 11.6 Å². The fourth-order valence-corrected chi connectivity index (χ4v) is 3.26. The van der Waals surface area contributed by atoms with E-state index < -0.39 is 0 Å². The van der Waals surface area contributed by atoms with Gasteiger partial charge in [0.25, 0.3) is 0 Å². The van der Waals surface area contributed by atoms with Crippen LogP contribution in [0.2, 0.25) is 5.28 Å². The van der Waals surface area contributed by atoms with Gasteiger partial charge in [-0.2, -0.15) is 4.98 Å². The molecule has 0 amide bonds. The molecule has 0 radical (unpaired) electrons. The van der Waals surface area contributed by atoms with E-state index in [1.807, 2.05) is 31.3 Å². The maximum Gasteiger partial charge on any atom is 0.224 e. The molecule has 120 valence electrons. The van der Waals surface area contributed by atoms with Crippen LogP contribution in [0.5, 0.6) is 0 Å². The molecule has 0 atom stereocenters. The van der Waals surface area contributed by atoms with Gasteiger partial charge in [0.15, 0.2) is 0 Å². The van der Waals surface area contributed by atoms with Crippen molar-refractivity contribution in [1.82, 2.24) is 14.5 Å². The van der Waals surface area contributed by atoms with Crippen molar-refractivity contribution in [2.75, 3.05) is 11.9 Å². The molecule has 5 heteroatoms. The van der Waals surface area contributed by atoms with Crippen molar-refractivity contribution in [2.45, 2.75) is 6.92 Å². The number of hydrogen-bond donors (Lipinski definition) is 0. The molecule has 0 N–H and O–H groups in total. The fraction of sp³-hybridized carbons (Fsp3) is 0.158. The quantitative estimate of drug-likeness (QED) is 0.491. The van der Waals surface area contributed by atoms with Crippen molar-refractivity contribution in [3.8, 4) is 0 Å². The second kappa shape index (κ2) is 5.49. The van der Waals surface area contributed by atoms with E-state index in [2.05, 4.69) is 57.7 Å². The van der Waals surface area contributed by atoms with Crippen molar-refractivity contribution >= 4 is 44.9 Å². The minimum atomic E-state index is 0.257. The lowest BCUT2D eigenvalue weighted by Crippen LogP contribution is -2.12. The Labute approximate surface area is 145 Å². The summed E-state index contributed by atoms with van der Waals surface area (Å²) in [4.78, 5) is 10.8. The van der Waals surface area contributed by atoms with Gasteiger partial charge >= 0.3 is 0 Å². The van der Waals surface area contributed by atoms with Crippen LogP contribution < -0.4 is 4.90 Å². The lowest BCUT2D eigenvalue weighted by molar-refractivity contribution is 0.918. The van der Waals surface area contributed by atoms with Gasteiger partial charge in [0, 0.05) is 41.8 Å². The zero-order chi connectivity index (χ0) is 16.8. The minimum Gasteiger partial charge on any atom is -0.348 e. The number of aromatic nitrogens is 3. The first-order valence-electron chi connectivity index (χ1n) is 7.76. The molecule has 0 aliphatic carbocycles. The molecule has 4 rings (SSSR count). The molecular weight excluding hydrogens is 320 g/mol. The summed E-state index contributed by atoms with van der Waals surface area (Å²) in [5.41, 5.74) is 4.36. The molecule has 2 aromatic heterocycles. The van der Waals surface area contributed by atoms with Gasteiger partial charge in [0.1, 0.15) is 5.82 Å². The molecule has 0 aliphatic rings. The first kappa shape index (κ1) is 15.0. The van der Waals surface area contributed by atoms with Crippen LogP contribution >= 0.6 is 11.6 Å². The van der Waals surface area contributed by atoms with Crippen LogP contribution in [0.4, 0.5) is 11.5 Å². The third-order valence-electron chi connectivity index (χ3n) is 4.53. The predicted octanol–water partition coefficient (Wildman–Crippen LogP) is 4.85. The normalized spacial score (nSPS) is 11.3. The lowest BCUT2D eigenvalue weighted by atomic mass is 10.2. The molecule has 0 saturated carbocycles. The summed E-state index contributed by atoms with van der Waals surface area (Å²) >= 11 is 6.12. The molecule has 24 heavy (non-hydrogen) atoms. The highest BCUT2D eigenvalue weighted by molar-refractivity contribution is 6.28. The molecule has 4 nitrogen and oxygen atoms in total. The van der Waals surface area contributed by atoms with Gasteiger partial charge in [0.2, 0.25) is 5.28 Å². The Bertz CT molecular complexity index is 1070. The van der Waals surface area contributed by atoms with Gasteiger partial charge in [-0.1, -0.05) is 12.1 Å². The first-order chi connectivity index (χ1) is 11.5. The second-order valence-corrected chi connectivity index (χ2v) is 6.32. The van der Waals surface area contributed by atoms with E-state index in [0.29, 0.717) is 0 Å². The largest absolute Gasteiger partial charge is 0.348 e. The SMILES string of the molecule is Cc1cc2cc(N(C)c3nc(Cl)nc4ccccc34)ccc2n1C. The highest BCUT2D eigenvalue weighted by Gasteiger charge is 2.13. The van der Waals surface area contributed by atoms with Crippen LogP contribution in [0.3, 0.4) is 0 Å². The summed E-state index contributed by atoms with van der Waals surface area (Å²) in [6, 6.07) is 16.5. The van der Waals surface area contributed by atoms with E-state index in [1.54, 1.807) is 0 Å². The number of halogens is 1. The number of fused-ring (bicyclic) bond motifs is 2. The molecular formula is C19H17ClN4. The Morgan fingerprint density at radius 1 is 1.04 bits per heavy atom. The first-order valence-corrected chi connectivity index (χ1v) is 8.14. The minimum absolute atomic E-state index is 0.257. The zero-order valence-corrected chi connectivity index (χ0v) is 14.5. The maximum atomic E-state index is 6.12. The van der Waals surface area contributed by atoms with Crippen molar-refractivity contribution in [3.05, 3.63) is 59.5 Å². The number of para-hydroxylation sites is 1. The summed E-state index contributed by atoms with van der Waals surface area (Å²) in [5.74, 6) is 0.803. The van der Waals surface area contributed by atoms with E-state index >= 15 is 0 Å². The van der Waals surface area contributed by atoms with Crippen molar-refractivity contribution in [3.63, 3.8) is 0 Å². The molecule has 0 aliphatic heterocycles. The summed E-state index contributed by atoms with van der Waals surface area (Å²) in [7, 11) is 4.08. The number of anilines is 2. The lowest BCUT2D eigenvalue weighted by Gasteiger charge is -2.20. The van der Waals surface area contributed by atoms with Crippen molar-refractivity contribution in [2.24, 2.45) is 7.05 Å². The zero-order valence-electron chi connectivity index (χ0n) is 13.8. The van der Waals surface area contributed by atoms with Gasteiger partial charge in [-0.15, -0.1) is 0 Å². The molecule has 2 heterocycles. The third-order valence-corrected chi connectivity index (χ3v) is 4.70. The van der Waals surface area contributed by atoms with Crippen LogP contribution in [0, 0.1) is 6.92 Å². The summed E-state index contributed by atoms with van der Waals surface area (Å²) in [5, 5.41) is 2.45. The monoisotopic (exact) mass is 336 g/mol. The maximum absolute atomic E-state index is 6.12. The predicted molar refractivity (Wildman–Crippen MR) is 100 cm³/mol. The number of rotatable bonds is 2. The van der Waals surface area contributed by atoms with E-state index in [9.17, 15) is 0 Å². The Morgan fingerprint density at radius 3 is 2.67 bits per heavy atom. The third kappa shape index (κ3) is 2.31. The van der Waals surface area contributed by atoms with Crippen LogP contribution in [-0.2, 0) is 7.05 Å².